The number of benzene rings is 2. The molecule has 0 unspecified atom stereocenters. The zero-order valence-electron chi connectivity index (χ0n) is 11.8. The Morgan fingerprint density at radius 1 is 1.00 bits per heavy atom. The van der Waals surface area contributed by atoms with Crippen LogP contribution >= 0.6 is 34.8 Å². The SMILES string of the molecule is CC(C)NCc1ccc(Oc2cccc(Cl)c2Cl)c(Cl)c1. The largest absolute Gasteiger partial charge is 0.454 e. The summed E-state index contributed by atoms with van der Waals surface area (Å²) in [6.07, 6.45) is 0. The Labute approximate surface area is 140 Å². The maximum absolute atomic E-state index is 6.26. The minimum absolute atomic E-state index is 0.376. The summed E-state index contributed by atoms with van der Waals surface area (Å²) in [5.74, 6) is 1.04. The second kappa shape index (κ2) is 7.37. The second-order valence-corrected chi connectivity index (χ2v) is 6.15. The van der Waals surface area contributed by atoms with E-state index in [4.69, 9.17) is 39.5 Å². The zero-order chi connectivity index (χ0) is 15.4. The first-order valence-electron chi connectivity index (χ1n) is 6.61. The molecule has 0 radical (unpaired) electrons. The van der Waals surface area contributed by atoms with Crippen LogP contribution in [0.2, 0.25) is 15.1 Å². The van der Waals surface area contributed by atoms with Crippen molar-refractivity contribution in [3.05, 3.63) is 57.0 Å². The Morgan fingerprint density at radius 2 is 1.76 bits per heavy atom. The van der Waals surface area contributed by atoms with Gasteiger partial charge in [0.1, 0.15) is 16.5 Å². The summed E-state index contributed by atoms with van der Waals surface area (Å²) >= 11 is 18.3. The molecule has 5 heteroatoms. The molecule has 0 aromatic heterocycles. The molecule has 0 atom stereocenters. The summed E-state index contributed by atoms with van der Waals surface area (Å²) in [4.78, 5) is 0. The van der Waals surface area contributed by atoms with Gasteiger partial charge in [0, 0.05) is 12.6 Å². The molecular formula is C16H16Cl3NO. The topological polar surface area (TPSA) is 21.3 Å². The summed E-state index contributed by atoms with van der Waals surface area (Å²) < 4.78 is 5.73. The first kappa shape index (κ1) is 16.4. The molecule has 0 aliphatic heterocycles. The van der Waals surface area contributed by atoms with Crippen molar-refractivity contribution in [1.82, 2.24) is 5.32 Å². The summed E-state index contributed by atoms with van der Waals surface area (Å²) in [7, 11) is 0. The smallest absolute Gasteiger partial charge is 0.147 e. The highest BCUT2D eigenvalue weighted by atomic mass is 35.5. The van der Waals surface area contributed by atoms with Gasteiger partial charge in [0.2, 0.25) is 0 Å². The fraction of sp³-hybridized carbons (Fsp3) is 0.250. The van der Waals surface area contributed by atoms with E-state index >= 15 is 0 Å². The van der Waals surface area contributed by atoms with Crippen LogP contribution in [0.1, 0.15) is 19.4 Å². The molecule has 0 amide bonds. The summed E-state index contributed by atoms with van der Waals surface area (Å²) in [5, 5.41) is 4.70. The minimum atomic E-state index is 0.376. The lowest BCUT2D eigenvalue weighted by atomic mass is 10.2. The molecule has 0 saturated carbocycles. The Morgan fingerprint density at radius 3 is 2.43 bits per heavy atom. The molecule has 0 heterocycles. The maximum Gasteiger partial charge on any atom is 0.147 e. The van der Waals surface area contributed by atoms with Gasteiger partial charge >= 0.3 is 0 Å². The van der Waals surface area contributed by atoms with Gasteiger partial charge < -0.3 is 10.1 Å². The quantitative estimate of drug-likeness (QED) is 0.725. The van der Waals surface area contributed by atoms with Crippen molar-refractivity contribution in [2.75, 3.05) is 0 Å². The number of halogens is 3. The van der Waals surface area contributed by atoms with E-state index in [-0.39, 0.29) is 0 Å². The third-order valence-electron chi connectivity index (χ3n) is 2.85. The predicted octanol–water partition coefficient (Wildman–Crippen LogP) is 5.94. The van der Waals surface area contributed by atoms with Gasteiger partial charge in [-0.05, 0) is 29.8 Å². The molecular weight excluding hydrogens is 329 g/mol. The van der Waals surface area contributed by atoms with Crippen LogP contribution in [0.4, 0.5) is 0 Å². The van der Waals surface area contributed by atoms with Gasteiger partial charge in [-0.2, -0.15) is 0 Å². The Bertz CT molecular complexity index is 629. The fourth-order valence-electron chi connectivity index (χ4n) is 1.74. The van der Waals surface area contributed by atoms with Crippen molar-refractivity contribution < 1.29 is 4.74 Å². The van der Waals surface area contributed by atoms with Gasteiger partial charge in [0.25, 0.3) is 0 Å². The molecule has 0 aliphatic rings. The van der Waals surface area contributed by atoms with Crippen molar-refractivity contribution >= 4 is 34.8 Å². The average Bonchev–Trinajstić information content (AvgIpc) is 2.44. The lowest BCUT2D eigenvalue weighted by Gasteiger charge is -2.12. The van der Waals surface area contributed by atoms with E-state index in [0.29, 0.717) is 32.6 Å². The van der Waals surface area contributed by atoms with Crippen molar-refractivity contribution in [2.24, 2.45) is 0 Å². The molecule has 0 aliphatic carbocycles. The zero-order valence-corrected chi connectivity index (χ0v) is 14.1. The Hall–Kier alpha value is -0.930. The lowest BCUT2D eigenvalue weighted by Crippen LogP contribution is -2.21. The van der Waals surface area contributed by atoms with Crippen LogP contribution in [0.5, 0.6) is 11.5 Å². The number of nitrogens with one attached hydrogen (secondary N) is 1. The van der Waals surface area contributed by atoms with Crippen LogP contribution in [-0.2, 0) is 6.54 Å². The maximum atomic E-state index is 6.26. The van der Waals surface area contributed by atoms with Crippen LogP contribution in [0.3, 0.4) is 0 Å². The highest BCUT2D eigenvalue weighted by Crippen LogP contribution is 2.37. The van der Waals surface area contributed by atoms with Gasteiger partial charge in [-0.15, -0.1) is 0 Å². The first-order valence-corrected chi connectivity index (χ1v) is 7.74. The van der Waals surface area contributed by atoms with Crippen LogP contribution in [0, 0.1) is 0 Å². The number of hydrogen-bond acceptors (Lipinski definition) is 2. The third-order valence-corrected chi connectivity index (χ3v) is 3.94. The molecule has 2 rings (SSSR count). The number of hydrogen-bond donors (Lipinski definition) is 1. The highest BCUT2D eigenvalue weighted by molar-refractivity contribution is 6.43. The predicted molar refractivity (Wildman–Crippen MR) is 90.0 cm³/mol. The molecule has 0 fully saturated rings. The standard InChI is InChI=1S/C16H16Cl3NO/c1-10(2)20-9-11-6-7-14(13(18)8-11)21-15-5-3-4-12(17)16(15)19/h3-8,10,20H,9H2,1-2H3. The van der Waals surface area contributed by atoms with E-state index in [1.54, 1.807) is 18.2 Å². The molecule has 21 heavy (non-hydrogen) atoms. The van der Waals surface area contributed by atoms with E-state index in [1.807, 2.05) is 18.2 Å². The van der Waals surface area contributed by atoms with Gasteiger partial charge in [-0.25, -0.2) is 0 Å². The van der Waals surface area contributed by atoms with Crippen LogP contribution in [0.15, 0.2) is 36.4 Å². The van der Waals surface area contributed by atoms with Crippen molar-refractivity contribution in [3.63, 3.8) is 0 Å². The molecule has 2 nitrogen and oxygen atoms in total. The molecule has 1 N–H and O–H groups in total. The molecule has 2 aromatic rings. The van der Waals surface area contributed by atoms with Crippen molar-refractivity contribution in [2.45, 2.75) is 26.4 Å². The lowest BCUT2D eigenvalue weighted by molar-refractivity contribution is 0.482. The van der Waals surface area contributed by atoms with E-state index in [1.165, 1.54) is 0 Å². The molecule has 2 aromatic carbocycles. The van der Waals surface area contributed by atoms with E-state index < -0.39 is 0 Å². The fourth-order valence-corrected chi connectivity index (χ4v) is 2.31. The van der Waals surface area contributed by atoms with Crippen LogP contribution in [0.25, 0.3) is 0 Å². The van der Waals surface area contributed by atoms with Crippen molar-refractivity contribution in [3.8, 4) is 11.5 Å². The Balaban J connectivity index is 2.16. The normalized spacial score (nSPS) is 11.0. The van der Waals surface area contributed by atoms with Crippen LogP contribution < -0.4 is 10.1 Å². The highest BCUT2D eigenvalue weighted by Gasteiger charge is 2.09. The minimum Gasteiger partial charge on any atom is -0.454 e. The van der Waals surface area contributed by atoms with E-state index in [2.05, 4.69) is 19.2 Å². The van der Waals surface area contributed by atoms with E-state index in [9.17, 15) is 0 Å². The van der Waals surface area contributed by atoms with Gasteiger partial charge in [0.05, 0.1) is 10.0 Å². The molecule has 0 bridgehead atoms. The summed E-state index contributed by atoms with van der Waals surface area (Å²) in [5.41, 5.74) is 1.10. The van der Waals surface area contributed by atoms with E-state index in [0.717, 1.165) is 12.1 Å². The third kappa shape index (κ3) is 4.52. The summed E-state index contributed by atoms with van der Waals surface area (Å²) in [6, 6.07) is 11.3. The average molecular weight is 345 g/mol. The van der Waals surface area contributed by atoms with Crippen LogP contribution in [-0.4, -0.2) is 6.04 Å². The van der Waals surface area contributed by atoms with Crippen molar-refractivity contribution in [1.29, 1.82) is 0 Å². The number of rotatable bonds is 5. The molecule has 112 valence electrons. The number of ether oxygens (including phenoxy) is 1. The van der Waals surface area contributed by atoms with Gasteiger partial charge in [-0.3, -0.25) is 0 Å². The monoisotopic (exact) mass is 343 g/mol. The van der Waals surface area contributed by atoms with Gasteiger partial charge in [0.15, 0.2) is 0 Å². The molecule has 0 spiro atoms. The Kier molecular flexibility index (Phi) is 5.77. The summed E-state index contributed by atoms with van der Waals surface area (Å²) in [6.45, 7) is 4.95. The molecule has 0 saturated heterocycles. The van der Waals surface area contributed by atoms with Gasteiger partial charge in [-0.1, -0.05) is 60.8 Å². The second-order valence-electron chi connectivity index (χ2n) is 4.95. The first-order chi connectivity index (χ1) is 9.97.